The molecule has 0 aliphatic heterocycles. The molecule has 72 valence electrons. The second kappa shape index (κ2) is 3.07. The zero-order valence-corrected chi connectivity index (χ0v) is 8.90. The van der Waals surface area contributed by atoms with E-state index in [1.807, 2.05) is 0 Å². The molecule has 1 aliphatic carbocycles. The topological polar surface area (TPSA) is 33.1 Å². The minimum atomic E-state index is -0.400. The van der Waals surface area contributed by atoms with Crippen LogP contribution in [0.25, 0.3) is 0 Å². The number of hydrogen-bond donors (Lipinski definition) is 1. The summed E-state index contributed by atoms with van der Waals surface area (Å²) in [6, 6.07) is 0. The average molecular weight is 197 g/mol. The van der Waals surface area contributed by atoms with E-state index in [1.165, 1.54) is 5.01 Å². The largest absolute Gasteiger partial charge is 0.389 e. The second-order valence-corrected chi connectivity index (χ2v) is 5.12. The maximum absolute atomic E-state index is 9.69. The van der Waals surface area contributed by atoms with E-state index < -0.39 is 5.60 Å². The van der Waals surface area contributed by atoms with Crippen LogP contribution < -0.4 is 0 Å². The number of rotatable bonds is 3. The van der Waals surface area contributed by atoms with Gasteiger partial charge < -0.3 is 5.11 Å². The molecule has 0 radical (unpaired) electrons. The van der Waals surface area contributed by atoms with E-state index in [0.717, 1.165) is 25.0 Å². The summed E-state index contributed by atoms with van der Waals surface area (Å²) in [6.45, 7) is 4.29. The Kier molecular flexibility index (Phi) is 2.16. The number of aliphatic hydroxyl groups is 1. The molecule has 0 aromatic carbocycles. The first-order chi connectivity index (χ1) is 6.09. The zero-order chi connectivity index (χ0) is 9.47. The summed E-state index contributed by atoms with van der Waals surface area (Å²) in [5.74, 6) is 0.507. The van der Waals surface area contributed by atoms with Crippen molar-refractivity contribution < 1.29 is 5.11 Å². The van der Waals surface area contributed by atoms with Gasteiger partial charge in [0.15, 0.2) is 0 Å². The molecule has 0 spiro atoms. The first-order valence-corrected chi connectivity index (χ1v) is 5.64. The Morgan fingerprint density at radius 2 is 2.31 bits per heavy atom. The van der Waals surface area contributed by atoms with Crippen LogP contribution in [0.15, 0.2) is 5.38 Å². The van der Waals surface area contributed by atoms with Crippen molar-refractivity contribution >= 4 is 11.3 Å². The summed E-state index contributed by atoms with van der Waals surface area (Å²) in [7, 11) is 0. The lowest BCUT2D eigenvalue weighted by Gasteiger charge is -2.03. The van der Waals surface area contributed by atoms with Crippen molar-refractivity contribution in [1.82, 2.24) is 4.98 Å². The van der Waals surface area contributed by atoms with Crippen LogP contribution in [0.3, 0.4) is 0 Å². The van der Waals surface area contributed by atoms with Gasteiger partial charge in [0.05, 0.1) is 16.3 Å². The van der Waals surface area contributed by atoms with E-state index in [-0.39, 0.29) is 0 Å². The van der Waals surface area contributed by atoms with E-state index in [1.54, 1.807) is 11.3 Å². The van der Waals surface area contributed by atoms with Crippen LogP contribution in [0.5, 0.6) is 0 Å². The standard InChI is InChI=1S/C10H15NOS/c1-7(2)9-11-8(6-13-9)5-10(12)3-4-10/h6-7,12H,3-5H2,1-2H3. The molecule has 1 aromatic heterocycles. The Labute approximate surface area is 82.6 Å². The Bertz CT molecular complexity index is 302. The lowest BCUT2D eigenvalue weighted by molar-refractivity contribution is 0.150. The monoisotopic (exact) mass is 197 g/mol. The van der Waals surface area contributed by atoms with Crippen molar-refractivity contribution in [2.24, 2.45) is 0 Å². The number of nitrogens with zero attached hydrogens (tertiary/aromatic N) is 1. The summed E-state index contributed by atoms with van der Waals surface area (Å²) < 4.78 is 0. The van der Waals surface area contributed by atoms with Crippen molar-refractivity contribution in [1.29, 1.82) is 0 Å². The van der Waals surface area contributed by atoms with Gasteiger partial charge in [0.2, 0.25) is 0 Å². The molecule has 2 rings (SSSR count). The van der Waals surface area contributed by atoms with Gasteiger partial charge in [-0.25, -0.2) is 4.98 Å². The van der Waals surface area contributed by atoms with E-state index in [9.17, 15) is 5.11 Å². The fourth-order valence-electron chi connectivity index (χ4n) is 1.33. The number of hydrogen-bond acceptors (Lipinski definition) is 3. The number of aromatic nitrogens is 1. The molecule has 0 amide bonds. The number of thiazole rings is 1. The van der Waals surface area contributed by atoms with Gasteiger partial charge in [0, 0.05) is 17.7 Å². The minimum absolute atomic E-state index is 0.400. The van der Waals surface area contributed by atoms with Crippen molar-refractivity contribution in [3.8, 4) is 0 Å². The molecule has 2 nitrogen and oxygen atoms in total. The summed E-state index contributed by atoms with van der Waals surface area (Å²) in [5, 5.41) is 12.9. The second-order valence-electron chi connectivity index (χ2n) is 4.23. The molecule has 1 N–H and O–H groups in total. The third-order valence-corrected chi connectivity index (χ3v) is 3.59. The predicted molar refractivity (Wildman–Crippen MR) is 54.1 cm³/mol. The lowest BCUT2D eigenvalue weighted by atomic mass is 10.2. The molecule has 13 heavy (non-hydrogen) atoms. The molecule has 3 heteroatoms. The molecule has 0 bridgehead atoms. The quantitative estimate of drug-likeness (QED) is 0.806. The highest BCUT2D eigenvalue weighted by molar-refractivity contribution is 7.09. The van der Waals surface area contributed by atoms with Gasteiger partial charge in [0.25, 0.3) is 0 Å². The van der Waals surface area contributed by atoms with Gasteiger partial charge >= 0.3 is 0 Å². The highest BCUT2D eigenvalue weighted by Gasteiger charge is 2.40. The fraction of sp³-hybridized carbons (Fsp3) is 0.700. The predicted octanol–water partition coefficient (Wildman–Crippen LogP) is 2.33. The van der Waals surface area contributed by atoms with Crippen LogP contribution in [0.1, 0.15) is 43.3 Å². The maximum atomic E-state index is 9.69. The first-order valence-electron chi connectivity index (χ1n) is 4.76. The van der Waals surface area contributed by atoms with E-state index in [2.05, 4.69) is 24.2 Å². The molecule has 1 fully saturated rings. The van der Waals surface area contributed by atoms with Gasteiger partial charge in [-0.05, 0) is 12.8 Å². The van der Waals surface area contributed by atoms with Crippen LogP contribution in [-0.2, 0) is 6.42 Å². The van der Waals surface area contributed by atoms with Crippen LogP contribution in [-0.4, -0.2) is 15.7 Å². The Morgan fingerprint density at radius 3 is 2.77 bits per heavy atom. The van der Waals surface area contributed by atoms with Crippen LogP contribution >= 0.6 is 11.3 Å². The van der Waals surface area contributed by atoms with Crippen LogP contribution in [0.2, 0.25) is 0 Å². The zero-order valence-electron chi connectivity index (χ0n) is 8.08. The van der Waals surface area contributed by atoms with Crippen LogP contribution in [0.4, 0.5) is 0 Å². The van der Waals surface area contributed by atoms with Crippen molar-refractivity contribution in [3.63, 3.8) is 0 Å². The molecule has 1 saturated carbocycles. The Morgan fingerprint density at radius 1 is 1.62 bits per heavy atom. The van der Waals surface area contributed by atoms with Gasteiger partial charge in [-0.3, -0.25) is 0 Å². The van der Waals surface area contributed by atoms with E-state index >= 15 is 0 Å². The Hall–Kier alpha value is -0.410. The molecular formula is C10H15NOS. The molecule has 1 aliphatic rings. The molecular weight excluding hydrogens is 182 g/mol. The first kappa shape index (κ1) is 9.16. The van der Waals surface area contributed by atoms with Gasteiger partial charge in [-0.15, -0.1) is 11.3 Å². The normalized spacial score (nSPS) is 19.4. The van der Waals surface area contributed by atoms with Gasteiger partial charge in [-0.2, -0.15) is 0 Å². The van der Waals surface area contributed by atoms with Crippen molar-refractivity contribution in [3.05, 3.63) is 16.1 Å². The summed E-state index contributed by atoms with van der Waals surface area (Å²) in [5.41, 5.74) is 0.663. The highest BCUT2D eigenvalue weighted by atomic mass is 32.1. The molecule has 0 unspecified atom stereocenters. The Balaban J connectivity index is 2.05. The van der Waals surface area contributed by atoms with Gasteiger partial charge in [0.1, 0.15) is 0 Å². The smallest absolute Gasteiger partial charge is 0.0953 e. The summed E-state index contributed by atoms with van der Waals surface area (Å²) >= 11 is 1.70. The molecule has 1 heterocycles. The highest BCUT2D eigenvalue weighted by Crippen LogP contribution is 2.38. The van der Waals surface area contributed by atoms with E-state index in [0.29, 0.717) is 5.92 Å². The summed E-state index contributed by atoms with van der Waals surface area (Å²) in [6.07, 6.45) is 2.64. The van der Waals surface area contributed by atoms with E-state index in [4.69, 9.17) is 0 Å². The third kappa shape index (κ3) is 2.09. The lowest BCUT2D eigenvalue weighted by Crippen LogP contribution is -2.10. The van der Waals surface area contributed by atoms with Crippen molar-refractivity contribution in [2.75, 3.05) is 0 Å². The van der Waals surface area contributed by atoms with Crippen molar-refractivity contribution in [2.45, 2.75) is 44.6 Å². The average Bonchev–Trinajstić information content (AvgIpc) is 2.62. The summed E-state index contributed by atoms with van der Waals surface area (Å²) in [4.78, 5) is 4.49. The van der Waals surface area contributed by atoms with Crippen LogP contribution in [0, 0.1) is 0 Å². The molecule has 0 atom stereocenters. The molecule has 0 saturated heterocycles. The maximum Gasteiger partial charge on any atom is 0.0953 e. The minimum Gasteiger partial charge on any atom is -0.389 e. The SMILES string of the molecule is CC(C)c1nc(CC2(O)CC2)cs1. The van der Waals surface area contributed by atoms with Gasteiger partial charge in [-0.1, -0.05) is 13.8 Å². The molecule has 1 aromatic rings. The third-order valence-electron chi connectivity index (χ3n) is 2.40. The fourth-order valence-corrected chi connectivity index (χ4v) is 2.16.